The minimum Gasteiger partial charge on any atom is -0.445 e. The summed E-state index contributed by atoms with van der Waals surface area (Å²) in [5, 5.41) is 0. The summed E-state index contributed by atoms with van der Waals surface area (Å²) in [6, 6.07) is 3.36. The molecule has 0 amide bonds. The van der Waals surface area contributed by atoms with Crippen molar-refractivity contribution in [3.8, 4) is 0 Å². The maximum Gasteiger partial charge on any atom is 0.512 e. The van der Waals surface area contributed by atoms with Crippen LogP contribution in [-0.4, -0.2) is 6.98 Å². The van der Waals surface area contributed by atoms with Crippen molar-refractivity contribution in [1.82, 2.24) is 0 Å². The highest BCUT2D eigenvalue weighted by Gasteiger charge is 2.29. The topological polar surface area (TPSA) is 0 Å². The van der Waals surface area contributed by atoms with E-state index in [2.05, 4.69) is 0 Å². The summed E-state index contributed by atoms with van der Waals surface area (Å²) in [6.07, 6.45) is 0.270. The second kappa shape index (κ2) is 3.40. The molecule has 0 heterocycles. The molecule has 72 valence electrons. The van der Waals surface area contributed by atoms with Gasteiger partial charge in [-0.25, -0.2) is 4.39 Å². The van der Waals surface area contributed by atoms with Gasteiger partial charge in [0.05, 0.1) is 5.82 Å². The summed E-state index contributed by atoms with van der Waals surface area (Å²) < 4.78 is 49.6. The summed E-state index contributed by atoms with van der Waals surface area (Å²) in [4.78, 5) is 0. The van der Waals surface area contributed by atoms with Crippen molar-refractivity contribution in [3.05, 3.63) is 29.6 Å². The first-order chi connectivity index (χ1) is 5.96. The molecule has 0 atom stereocenters. The Morgan fingerprint density at radius 3 is 2.31 bits per heavy atom. The van der Waals surface area contributed by atoms with E-state index in [0.29, 0.717) is 0 Å². The zero-order valence-electron chi connectivity index (χ0n) is 7.03. The van der Waals surface area contributed by atoms with Crippen LogP contribution in [0.5, 0.6) is 0 Å². The van der Waals surface area contributed by atoms with Gasteiger partial charge in [0.25, 0.3) is 0 Å². The van der Waals surface area contributed by atoms with Gasteiger partial charge in [0.1, 0.15) is 0 Å². The minimum absolute atomic E-state index is 0.108. The lowest BCUT2D eigenvalue weighted by atomic mass is 9.78. The highest BCUT2D eigenvalue weighted by Crippen LogP contribution is 2.14. The van der Waals surface area contributed by atoms with Gasteiger partial charge in [0, 0.05) is 0 Å². The molecule has 0 saturated carbocycles. The van der Waals surface area contributed by atoms with E-state index < -0.39 is 18.3 Å². The third kappa shape index (κ3) is 2.02. The molecule has 0 aliphatic heterocycles. The van der Waals surface area contributed by atoms with Gasteiger partial charge in [-0.15, -0.1) is 0 Å². The second-order valence-corrected chi connectivity index (χ2v) is 2.75. The molecule has 0 N–H and O–H groups in total. The summed E-state index contributed by atoms with van der Waals surface area (Å²) in [5.41, 5.74) is -1.02. The molecular formula is C8H8BF4-. The van der Waals surface area contributed by atoms with Crippen LogP contribution in [0.25, 0.3) is 0 Å². The average Bonchev–Trinajstić information content (AvgIpc) is 2.02. The van der Waals surface area contributed by atoms with Crippen molar-refractivity contribution in [2.24, 2.45) is 0 Å². The Morgan fingerprint density at radius 1 is 1.23 bits per heavy atom. The average molecular weight is 191 g/mol. The van der Waals surface area contributed by atoms with Crippen LogP contribution >= 0.6 is 0 Å². The van der Waals surface area contributed by atoms with Crippen LogP contribution in [0, 0.1) is 5.82 Å². The first-order valence-corrected chi connectivity index (χ1v) is 3.94. The Labute approximate surface area is 73.6 Å². The van der Waals surface area contributed by atoms with Crippen LogP contribution in [0.4, 0.5) is 17.3 Å². The molecule has 5 heteroatoms. The van der Waals surface area contributed by atoms with Gasteiger partial charge in [-0.2, -0.15) is 0 Å². The van der Waals surface area contributed by atoms with Crippen LogP contribution in [-0.2, 0) is 6.42 Å². The fourth-order valence-electron chi connectivity index (χ4n) is 1.13. The molecule has 0 bridgehead atoms. The van der Waals surface area contributed by atoms with E-state index in [9.17, 15) is 17.3 Å². The fraction of sp³-hybridized carbons (Fsp3) is 0.250. The van der Waals surface area contributed by atoms with Gasteiger partial charge in [0.2, 0.25) is 0 Å². The van der Waals surface area contributed by atoms with Crippen molar-refractivity contribution < 1.29 is 17.3 Å². The highest BCUT2D eigenvalue weighted by atomic mass is 19.4. The Hall–Kier alpha value is -0.995. The molecule has 0 radical (unpaired) electrons. The fourth-order valence-corrected chi connectivity index (χ4v) is 1.13. The molecule has 1 aromatic carbocycles. The van der Waals surface area contributed by atoms with Crippen molar-refractivity contribution in [2.45, 2.75) is 13.3 Å². The van der Waals surface area contributed by atoms with Gasteiger partial charge in [0.15, 0.2) is 0 Å². The molecule has 0 fully saturated rings. The lowest BCUT2D eigenvalue weighted by molar-refractivity contribution is 0.493. The van der Waals surface area contributed by atoms with Crippen molar-refractivity contribution in [1.29, 1.82) is 0 Å². The number of rotatable bonds is 2. The molecule has 0 spiro atoms. The van der Waals surface area contributed by atoms with Gasteiger partial charge in [-0.3, -0.25) is 0 Å². The maximum absolute atomic E-state index is 13.1. The lowest BCUT2D eigenvalue weighted by Gasteiger charge is -2.17. The quantitative estimate of drug-likeness (QED) is 0.497. The van der Waals surface area contributed by atoms with E-state index in [4.69, 9.17) is 0 Å². The van der Waals surface area contributed by atoms with Crippen LogP contribution in [0.3, 0.4) is 0 Å². The zero-order valence-corrected chi connectivity index (χ0v) is 7.03. The molecule has 0 aliphatic rings. The molecule has 0 aromatic heterocycles. The zero-order chi connectivity index (χ0) is 10.1. The molecule has 0 aliphatic carbocycles. The number of benzene rings is 1. The van der Waals surface area contributed by atoms with E-state index in [1.165, 1.54) is 12.1 Å². The Morgan fingerprint density at radius 2 is 1.85 bits per heavy atom. The first-order valence-electron chi connectivity index (χ1n) is 3.94. The van der Waals surface area contributed by atoms with Gasteiger partial charge < -0.3 is 12.9 Å². The smallest absolute Gasteiger partial charge is 0.445 e. The SMILES string of the molecule is CCc1cccc([B-](F)(F)F)c1F. The molecule has 0 saturated heterocycles. The summed E-state index contributed by atoms with van der Waals surface area (Å²) in [5.74, 6) is -1.13. The standard InChI is InChI=1S/C8H8BF4/c1-2-6-4-3-5-7(8(6)10)9(11,12)13/h3-5H,2H2,1H3/q-1. The van der Waals surface area contributed by atoms with E-state index in [1.807, 2.05) is 0 Å². The Bertz CT molecular complexity index is 306. The molecular weight excluding hydrogens is 183 g/mol. The second-order valence-electron chi connectivity index (χ2n) is 2.75. The van der Waals surface area contributed by atoms with Crippen LogP contribution in [0.15, 0.2) is 18.2 Å². The summed E-state index contributed by atoms with van der Waals surface area (Å²) in [7, 11) is 0. The number of aryl methyl sites for hydroxylation is 1. The largest absolute Gasteiger partial charge is 0.512 e. The maximum atomic E-state index is 13.1. The number of hydrogen-bond acceptors (Lipinski definition) is 0. The van der Waals surface area contributed by atoms with E-state index in [0.717, 1.165) is 6.07 Å². The molecule has 1 aromatic rings. The highest BCUT2D eigenvalue weighted by molar-refractivity contribution is 6.73. The number of hydrogen-bond donors (Lipinski definition) is 0. The monoisotopic (exact) mass is 191 g/mol. The Kier molecular flexibility index (Phi) is 2.64. The van der Waals surface area contributed by atoms with E-state index in [-0.39, 0.29) is 12.0 Å². The van der Waals surface area contributed by atoms with Crippen molar-refractivity contribution in [2.75, 3.05) is 0 Å². The summed E-state index contributed by atoms with van der Waals surface area (Å²) >= 11 is 0. The molecule has 1 rings (SSSR count). The predicted molar refractivity (Wildman–Crippen MR) is 44.5 cm³/mol. The van der Waals surface area contributed by atoms with E-state index >= 15 is 0 Å². The Balaban J connectivity index is 3.24. The molecule has 0 nitrogen and oxygen atoms in total. The normalized spacial score (nSPS) is 11.8. The van der Waals surface area contributed by atoms with Crippen LogP contribution in [0.2, 0.25) is 0 Å². The van der Waals surface area contributed by atoms with Gasteiger partial charge in [-0.05, 0) is 12.0 Å². The van der Waals surface area contributed by atoms with Gasteiger partial charge in [-0.1, -0.05) is 30.6 Å². The molecule has 0 unspecified atom stereocenters. The third-order valence-corrected chi connectivity index (χ3v) is 1.84. The third-order valence-electron chi connectivity index (χ3n) is 1.84. The van der Waals surface area contributed by atoms with E-state index in [1.54, 1.807) is 6.92 Å². The van der Waals surface area contributed by atoms with Crippen molar-refractivity contribution >= 4 is 12.4 Å². The molecule has 13 heavy (non-hydrogen) atoms. The first kappa shape index (κ1) is 10.1. The lowest BCUT2D eigenvalue weighted by Crippen LogP contribution is -2.37. The van der Waals surface area contributed by atoms with Crippen molar-refractivity contribution in [3.63, 3.8) is 0 Å². The van der Waals surface area contributed by atoms with Gasteiger partial charge >= 0.3 is 6.98 Å². The minimum atomic E-state index is -5.23. The predicted octanol–water partition coefficient (Wildman–Crippen LogP) is 2.44. The van der Waals surface area contributed by atoms with Crippen LogP contribution in [0.1, 0.15) is 12.5 Å². The number of halogens is 4. The summed E-state index contributed by atoms with van der Waals surface area (Å²) in [6.45, 7) is -3.61. The van der Waals surface area contributed by atoms with Crippen LogP contribution < -0.4 is 5.46 Å².